The van der Waals surface area contributed by atoms with Gasteiger partial charge in [-0.15, -0.1) is 11.3 Å². The lowest BCUT2D eigenvalue weighted by Crippen LogP contribution is -2.28. The Bertz CT molecular complexity index is 293. The van der Waals surface area contributed by atoms with Gasteiger partial charge in [0.05, 0.1) is 0 Å². The Morgan fingerprint density at radius 3 is 2.93 bits per heavy atom. The molecule has 0 saturated heterocycles. The van der Waals surface area contributed by atoms with Crippen molar-refractivity contribution in [2.75, 3.05) is 18.0 Å². The first kappa shape index (κ1) is 9.93. The summed E-state index contributed by atoms with van der Waals surface area (Å²) in [5, 5.41) is 1.18. The lowest BCUT2D eigenvalue weighted by atomic mass is 10.4. The Labute approximate surface area is 88.9 Å². The summed E-state index contributed by atoms with van der Waals surface area (Å²) < 4.78 is 0. The van der Waals surface area contributed by atoms with Gasteiger partial charge in [-0.05, 0) is 32.7 Å². The van der Waals surface area contributed by atoms with E-state index in [0.717, 1.165) is 25.6 Å². The van der Waals surface area contributed by atoms with Gasteiger partial charge in [-0.1, -0.05) is 0 Å². The standard InChI is InChI=1S/C10H17N3S/c1-8-7-12-10(14-8)13(6-2-5-11)9-3-4-9/h7,9H,2-6,11H2,1H3. The molecule has 0 unspecified atom stereocenters. The van der Waals surface area contributed by atoms with Gasteiger partial charge in [0.15, 0.2) is 5.13 Å². The van der Waals surface area contributed by atoms with Crippen molar-refractivity contribution in [3.63, 3.8) is 0 Å². The topological polar surface area (TPSA) is 42.2 Å². The molecule has 0 spiro atoms. The van der Waals surface area contributed by atoms with E-state index >= 15 is 0 Å². The molecule has 1 aliphatic rings. The minimum atomic E-state index is 0.743. The van der Waals surface area contributed by atoms with Gasteiger partial charge in [0.1, 0.15) is 0 Å². The molecule has 1 aromatic heterocycles. The van der Waals surface area contributed by atoms with Gasteiger partial charge < -0.3 is 10.6 Å². The summed E-state index contributed by atoms with van der Waals surface area (Å²) in [5.41, 5.74) is 5.54. The van der Waals surface area contributed by atoms with E-state index in [9.17, 15) is 0 Å². The molecule has 0 atom stereocenters. The van der Waals surface area contributed by atoms with E-state index in [4.69, 9.17) is 5.73 Å². The largest absolute Gasteiger partial charge is 0.345 e. The number of thiazole rings is 1. The minimum Gasteiger partial charge on any atom is -0.345 e. The van der Waals surface area contributed by atoms with Crippen LogP contribution in [0.4, 0.5) is 5.13 Å². The average molecular weight is 211 g/mol. The van der Waals surface area contributed by atoms with E-state index in [0.29, 0.717) is 0 Å². The van der Waals surface area contributed by atoms with Crippen LogP contribution in [0.1, 0.15) is 24.1 Å². The summed E-state index contributed by atoms with van der Waals surface area (Å²) >= 11 is 1.79. The Balaban J connectivity index is 2.02. The number of nitrogens with two attached hydrogens (primary N) is 1. The third-order valence-corrected chi connectivity index (χ3v) is 3.40. The quantitative estimate of drug-likeness (QED) is 0.807. The molecular weight excluding hydrogens is 194 g/mol. The molecule has 14 heavy (non-hydrogen) atoms. The molecule has 0 bridgehead atoms. The van der Waals surface area contributed by atoms with Crippen LogP contribution in [-0.2, 0) is 0 Å². The van der Waals surface area contributed by atoms with E-state index in [1.54, 1.807) is 11.3 Å². The third-order valence-electron chi connectivity index (χ3n) is 2.45. The molecule has 0 aliphatic heterocycles. The summed E-state index contributed by atoms with van der Waals surface area (Å²) in [6, 6.07) is 0.743. The highest BCUT2D eigenvalue weighted by atomic mass is 32.1. The Morgan fingerprint density at radius 2 is 2.43 bits per heavy atom. The molecule has 1 aliphatic carbocycles. The molecule has 2 rings (SSSR count). The Morgan fingerprint density at radius 1 is 1.64 bits per heavy atom. The van der Waals surface area contributed by atoms with Crippen molar-refractivity contribution in [3.8, 4) is 0 Å². The lowest BCUT2D eigenvalue weighted by Gasteiger charge is -2.20. The zero-order valence-electron chi connectivity index (χ0n) is 8.57. The van der Waals surface area contributed by atoms with E-state index in [1.165, 1.54) is 22.9 Å². The first-order chi connectivity index (χ1) is 6.81. The smallest absolute Gasteiger partial charge is 0.185 e. The zero-order valence-corrected chi connectivity index (χ0v) is 9.39. The molecular formula is C10H17N3S. The second-order valence-electron chi connectivity index (χ2n) is 3.82. The molecule has 0 radical (unpaired) electrons. The summed E-state index contributed by atoms with van der Waals surface area (Å²) in [4.78, 5) is 8.15. The van der Waals surface area contributed by atoms with E-state index < -0.39 is 0 Å². The van der Waals surface area contributed by atoms with Crippen molar-refractivity contribution >= 4 is 16.5 Å². The van der Waals surface area contributed by atoms with Crippen molar-refractivity contribution < 1.29 is 0 Å². The van der Waals surface area contributed by atoms with Crippen LogP contribution in [0.25, 0.3) is 0 Å². The summed E-state index contributed by atoms with van der Waals surface area (Å²) in [5.74, 6) is 0. The monoisotopic (exact) mass is 211 g/mol. The first-order valence-electron chi connectivity index (χ1n) is 5.20. The molecule has 78 valence electrons. The highest BCUT2D eigenvalue weighted by Crippen LogP contribution is 2.33. The number of hydrogen-bond acceptors (Lipinski definition) is 4. The van der Waals surface area contributed by atoms with Crippen molar-refractivity contribution in [1.82, 2.24) is 4.98 Å². The van der Waals surface area contributed by atoms with Gasteiger partial charge in [0.25, 0.3) is 0 Å². The van der Waals surface area contributed by atoms with Crippen molar-refractivity contribution in [3.05, 3.63) is 11.1 Å². The maximum absolute atomic E-state index is 5.54. The highest BCUT2D eigenvalue weighted by Gasteiger charge is 2.30. The molecule has 0 aromatic carbocycles. The van der Waals surface area contributed by atoms with Crippen LogP contribution in [-0.4, -0.2) is 24.1 Å². The number of aryl methyl sites for hydroxylation is 1. The van der Waals surface area contributed by atoms with Gasteiger partial charge in [-0.2, -0.15) is 0 Å². The summed E-state index contributed by atoms with van der Waals surface area (Å²) in [6.45, 7) is 3.94. The van der Waals surface area contributed by atoms with Crippen LogP contribution in [0.2, 0.25) is 0 Å². The number of aromatic nitrogens is 1. The predicted octanol–water partition coefficient (Wildman–Crippen LogP) is 1.77. The molecule has 1 aromatic rings. The van der Waals surface area contributed by atoms with Crippen LogP contribution in [0.3, 0.4) is 0 Å². The molecule has 3 nitrogen and oxygen atoms in total. The number of rotatable bonds is 5. The van der Waals surface area contributed by atoms with Gasteiger partial charge in [0.2, 0.25) is 0 Å². The molecule has 1 saturated carbocycles. The summed E-state index contributed by atoms with van der Waals surface area (Å²) in [6.07, 6.45) is 5.67. The fourth-order valence-corrected chi connectivity index (χ4v) is 2.41. The number of hydrogen-bond donors (Lipinski definition) is 1. The number of nitrogens with zero attached hydrogens (tertiary/aromatic N) is 2. The third kappa shape index (κ3) is 2.25. The maximum atomic E-state index is 5.54. The van der Waals surface area contributed by atoms with Crippen LogP contribution < -0.4 is 10.6 Å². The normalized spacial score (nSPS) is 15.9. The van der Waals surface area contributed by atoms with Crippen LogP contribution in [0.15, 0.2) is 6.20 Å². The average Bonchev–Trinajstić information content (AvgIpc) is 2.91. The van der Waals surface area contributed by atoms with Crippen LogP contribution in [0, 0.1) is 6.92 Å². The van der Waals surface area contributed by atoms with E-state index in [2.05, 4.69) is 16.8 Å². The van der Waals surface area contributed by atoms with Crippen molar-refractivity contribution in [2.45, 2.75) is 32.2 Å². The van der Waals surface area contributed by atoms with Crippen molar-refractivity contribution in [2.24, 2.45) is 5.73 Å². The maximum Gasteiger partial charge on any atom is 0.185 e. The van der Waals surface area contributed by atoms with Crippen molar-refractivity contribution in [1.29, 1.82) is 0 Å². The van der Waals surface area contributed by atoms with E-state index in [-0.39, 0.29) is 0 Å². The fourth-order valence-electron chi connectivity index (χ4n) is 1.56. The lowest BCUT2D eigenvalue weighted by molar-refractivity contribution is 0.730. The highest BCUT2D eigenvalue weighted by molar-refractivity contribution is 7.15. The first-order valence-corrected chi connectivity index (χ1v) is 6.02. The molecule has 0 amide bonds. The van der Waals surface area contributed by atoms with Gasteiger partial charge in [0, 0.05) is 23.7 Å². The second-order valence-corrected chi connectivity index (χ2v) is 5.03. The molecule has 4 heteroatoms. The summed E-state index contributed by atoms with van der Waals surface area (Å²) in [7, 11) is 0. The van der Waals surface area contributed by atoms with E-state index in [1.807, 2.05) is 6.20 Å². The molecule has 2 N–H and O–H groups in total. The minimum absolute atomic E-state index is 0.743. The number of anilines is 1. The molecule has 1 heterocycles. The predicted molar refractivity (Wildman–Crippen MR) is 60.9 cm³/mol. The fraction of sp³-hybridized carbons (Fsp3) is 0.700. The SMILES string of the molecule is Cc1cnc(N(CCCN)C2CC2)s1. The van der Waals surface area contributed by atoms with Crippen LogP contribution >= 0.6 is 11.3 Å². The van der Waals surface area contributed by atoms with Gasteiger partial charge in [-0.3, -0.25) is 0 Å². The second kappa shape index (κ2) is 4.28. The van der Waals surface area contributed by atoms with Crippen LogP contribution in [0.5, 0.6) is 0 Å². The Kier molecular flexibility index (Phi) is 3.03. The Hall–Kier alpha value is -0.610. The van der Waals surface area contributed by atoms with Gasteiger partial charge >= 0.3 is 0 Å². The zero-order chi connectivity index (χ0) is 9.97. The molecule has 1 fully saturated rings. The van der Waals surface area contributed by atoms with Gasteiger partial charge in [-0.25, -0.2) is 4.98 Å².